The lowest BCUT2D eigenvalue weighted by atomic mass is 10.1. The van der Waals surface area contributed by atoms with Crippen LogP contribution in [0.25, 0.3) is 16.9 Å². The predicted octanol–water partition coefficient (Wildman–Crippen LogP) is 5.17. The Hall–Kier alpha value is -3.97. The Morgan fingerprint density at radius 2 is 1.44 bits per heavy atom. The van der Waals surface area contributed by atoms with Crippen molar-refractivity contribution in [2.24, 2.45) is 0 Å². The second-order valence-electron chi connectivity index (χ2n) is 8.48. The molecule has 0 unspecified atom stereocenters. The topological polar surface area (TPSA) is 59.8 Å². The van der Waals surface area contributed by atoms with Crippen molar-refractivity contribution in [3.63, 3.8) is 0 Å². The monoisotopic (exact) mass is 502 g/mol. The van der Waals surface area contributed by atoms with Gasteiger partial charge in [-0.25, -0.2) is 4.68 Å². The van der Waals surface area contributed by atoms with Crippen molar-refractivity contribution in [1.82, 2.24) is 14.7 Å². The molecule has 1 fully saturated rings. The van der Waals surface area contributed by atoms with Crippen LogP contribution in [0.2, 0.25) is 5.02 Å². The predicted molar refractivity (Wildman–Crippen MR) is 142 cm³/mol. The molecule has 0 radical (unpaired) electrons. The lowest BCUT2D eigenvalue weighted by Crippen LogP contribution is -2.49. The fourth-order valence-corrected chi connectivity index (χ4v) is 4.63. The number of halogens is 1. The molecule has 36 heavy (non-hydrogen) atoms. The van der Waals surface area contributed by atoms with E-state index in [4.69, 9.17) is 26.2 Å². The number of carbonyl (C=O) groups is 1. The van der Waals surface area contributed by atoms with Gasteiger partial charge in [-0.15, -0.1) is 0 Å². The Labute approximate surface area is 215 Å². The smallest absolute Gasteiger partial charge is 0.272 e. The first-order valence-electron chi connectivity index (χ1n) is 11.7. The van der Waals surface area contributed by atoms with E-state index in [1.54, 1.807) is 18.9 Å². The molecule has 3 aromatic carbocycles. The second kappa shape index (κ2) is 10.3. The summed E-state index contributed by atoms with van der Waals surface area (Å²) in [5.41, 5.74) is 3.91. The highest BCUT2D eigenvalue weighted by atomic mass is 35.5. The summed E-state index contributed by atoms with van der Waals surface area (Å²) in [7, 11) is 3.26. The van der Waals surface area contributed by atoms with Gasteiger partial charge in [0, 0.05) is 31.7 Å². The van der Waals surface area contributed by atoms with Gasteiger partial charge in [0.1, 0.15) is 17.2 Å². The molecule has 0 saturated carbocycles. The van der Waals surface area contributed by atoms with Crippen LogP contribution in [0.5, 0.6) is 11.5 Å². The molecule has 184 valence electrons. The van der Waals surface area contributed by atoms with E-state index < -0.39 is 0 Å². The number of aromatic nitrogens is 2. The zero-order valence-electron chi connectivity index (χ0n) is 20.2. The molecular formula is C28H27ClN4O3. The summed E-state index contributed by atoms with van der Waals surface area (Å²) in [6.07, 6.45) is 0. The van der Waals surface area contributed by atoms with Gasteiger partial charge >= 0.3 is 0 Å². The average molecular weight is 503 g/mol. The maximum Gasteiger partial charge on any atom is 0.272 e. The maximum absolute atomic E-state index is 13.7. The number of amides is 1. The zero-order chi connectivity index (χ0) is 25.1. The highest BCUT2D eigenvalue weighted by molar-refractivity contribution is 6.33. The largest absolute Gasteiger partial charge is 0.497 e. The number of benzene rings is 3. The van der Waals surface area contributed by atoms with Crippen molar-refractivity contribution in [1.29, 1.82) is 0 Å². The van der Waals surface area contributed by atoms with Gasteiger partial charge in [-0.2, -0.15) is 5.10 Å². The summed E-state index contributed by atoms with van der Waals surface area (Å²) >= 11 is 6.39. The molecule has 8 heteroatoms. The molecule has 4 aromatic rings. The minimum atomic E-state index is -0.0584. The van der Waals surface area contributed by atoms with Crippen LogP contribution in [-0.2, 0) is 0 Å². The summed E-state index contributed by atoms with van der Waals surface area (Å²) in [6.45, 7) is 2.60. The van der Waals surface area contributed by atoms with Crippen LogP contribution in [0, 0.1) is 0 Å². The third-order valence-corrected chi connectivity index (χ3v) is 6.71. The first-order valence-corrected chi connectivity index (χ1v) is 12.1. The van der Waals surface area contributed by atoms with Gasteiger partial charge in [-0.1, -0.05) is 23.7 Å². The molecule has 7 nitrogen and oxygen atoms in total. The molecule has 0 aliphatic carbocycles. The second-order valence-corrected chi connectivity index (χ2v) is 8.89. The molecule has 0 N–H and O–H groups in total. The molecule has 2 heterocycles. The molecule has 1 aliphatic rings. The van der Waals surface area contributed by atoms with Crippen LogP contribution >= 0.6 is 11.6 Å². The number of anilines is 1. The molecule has 1 amide bonds. The fraction of sp³-hybridized carbons (Fsp3) is 0.214. The molecule has 5 rings (SSSR count). The Balaban J connectivity index is 1.43. The number of piperazine rings is 1. The van der Waals surface area contributed by atoms with Gasteiger partial charge in [0.25, 0.3) is 5.91 Å². The number of rotatable bonds is 6. The first-order chi connectivity index (χ1) is 17.6. The highest BCUT2D eigenvalue weighted by Gasteiger charge is 2.27. The van der Waals surface area contributed by atoms with Crippen LogP contribution in [0.1, 0.15) is 10.5 Å². The molecule has 0 atom stereocenters. The third-order valence-electron chi connectivity index (χ3n) is 6.39. The van der Waals surface area contributed by atoms with Crippen LogP contribution in [0.4, 0.5) is 5.69 Å². The molecule has 0 bridgehead atoms. The van der Waals surface area contributed by atoms with Crippen LogP contribution in [0.3, 0.4) is 0 Å². The molecule has 0 spiro atoms. The fourth-order valence-electron chi connectivity index (χ4n) is 4.38. The first kappa shape index (κ1) is 23.8. The Kier molecular flexibility index (Phi) is 6.82. The van der Waals surface area contributed by atoms with Crippen molar-refractivity contribution in [2.45, 2.75) is 0 Å². The standard InChI is InChI=1S/C28H27ClN4O3/c1-35-22-11-7-20(8-12-22)25-19-27(33(30-25)21-9-13-23(36-2)14-10-21)28(34)32-17-15-31(16-18-32)26-6-4-3-5-24(26)29/h3-14,19H,15-18H2,1-2H3. The number of para-hydroxylation sites is 1. The summed E-state index contributed by atoms with van der Waals surface area (Å²) in [6, 6.07) is 24.8. The summed E-state index contributed by atoms with van der Waals surface area (Å²) < 4.78 is 12.3. The van der Waals surface area contributed by atoms with E-state index in [2.05, 4.69) is 4.90 Å². The van der Waals surface area contributed by atoms with E-state index in [1.165, 1.54) is 0 Å². The van der Waals surface area contributed by atoms with Gasteiger partial charge in [0.05, 0.1) is 36.3 Å². The molecule has 1 aromatic heterocycles. The van der Waals surface area contributed by atoms with Crippen molar-refractivity contribution in [2.75, 3.05) is 45.3 Å². The number of carbonyl (C=O) groups excluding carboxylic acids is 1. The minimum Gasteiger partial charge on any atom is -0.497 e. The van der Waals surface area contributed by atoms with E-state index >= 15 is 0 Å². The minimum absolute atomic E-state index is 0.0584. The highest BCUT2D eigenvalue weighted by Crippen LogP contribution is 2.28. The van der Waals surface area contributed by atoms with E-state index in [0.717, 1.165) is 33.5 Å². The van der Waals surface area contributed by atoms with Gasteiger partial charge in [0.2, 0.25) is 0 Å². The van der Waals surface area contributed by atoms with E-state index in [9.17, 15) is 4.79 Å². The number of methoxy groups -OCH3 is 2. The molecule has 1 aliphatic heterocycles. The van der Waals surface area contributed by atoms with Crippen molar-refractivity contribution < 1.29 is 14.3 Å². The molecule has 1 saturated heterocycles. The Bertz CT molecular complexity index is 1340. The normalized spacial score (nSPS) is 13.5. The number of nitrogens with zero attached hydrogens (tertiary/aromatic N) is 4. The Morgan fingerprint density at radius 1 is 0.833 bits per heavy atom. The number of ether oxygens (including phenoxy) is 2. The zero-order valence-corrected chi connectivity index (χ0v) is 21.0. The number of hydrogen-bond donors (Lipinski definition) is 0. The van der Waals surface area contributed by atoms with E-state index in [0.29, 0.717) is 37.6 Å². The average Bonchev–Trinajstić information content (AvgIpc) is 3.39. The summed E-state index contributed by atoms with van der Waals surface area (Å²) in [4.78, 5) is 17.8. The summed E-state index contributed by atoms with van der Waals surface area (Å²) in [5, 5.41) is 5.53. The van der Waals surface area contributed by atoms with Crippen molar-refractivity contribution >= 4 is 23.2 Å². The van der Waals surface area contributed by atoms with Crippen LogP contribution < -0.4 is 14.4 Å². The van der Waals surface area contributed by atoms with E-state index in [-0.39, 0.29) is 5.91 Å². The quantitative estimate of drug-likeness (QED) is 0.364. The lowest BCUT2D eigenvalue weighted by Gasteiger charge is -2.36. The van der Waals surface area contributed by atoms with Gasteiger partial charge in [-0.05, 0) is 66.7 Å². The summed E-state index contributed by atoms with van der Waals surface area (Å²) in [5.74, 6) is 1.45. The lowest BCUT2D eigenvalue weighted by molar-refractivity contribution is 0.0737. The van der Waals surface area contributed by atoms with Crippen LogP contribution in [0.15, 0.2) is 78.9 Å². The van der Waals surface area contributed by atoms with E-state index in [1.807, 2.05) is 83.8 Å². The number of hydrogen-bond acceptors (Lipinski definition) is 5. The third kappa shape index (κ3) is 4.75. The Morgan fingerprint density at radius 3 is 2.06 bits per heavy atom. The van der Waals surface area contributed by atoms with Crippen molar-refractivity contribution in [3.05, 3.63) is 89.6 Å². The van der Waals surface area contributed by atoms with Gasteiger partial charge < -0.3 is 19.3 Å². The SMILES string of the molecule is COc1ccc(-c2cc(C(=O)N3CCN(c4ccccc4Cl)CC3)n(-c3ccc(OC)cc3)n2)cc1. The molecular weight excluding hydrogens is 476 g/mol. The van der Waals surface area contributed by atoms with Gasteiger partial charge in [0.15, 0.2) is 0 Å². The van der Waals surface area contributed by atoms with Crippen molar-refractivity contribution in [3.8, 4) is 28.4 Å². The van der Waals surface area contributed by atoms with Gasteiger partial charge in [-0.3, -0.25) is 4.79 Å². The van der Waals surface area contributed by atoms with Crippen LogP contribution in [-0.4, -0.2) is 61.0 Å². The maximum atomic E-state index is 13.7.